The fourth-order valence-corrected chi connectivity index (χ4v) is 13.0. The van der Waals surface area contributed by atoms with Crippen LogP contribution in [0.5, 0.6) is 0 Å². The quantitative estimate of drug-likeness (QED) is 0.185. The van der Waals surface area contributed by atoms with Crippen LogP contribution in [0.3, 0.4) is 0 Å². The van der Waals surface area contributed by atoms with Gasteiger partial charge in [0.1, 0.15) is 12.0 Å². The van der Waals surface area contributed by atoms with Crippen LogP contribution >= 0.6 is 0 Å². The van der Waals surface area contributed by atoms with E-state index in [2.05, 4.69) is 215 Å². The van der Waals surface area contributed by atoms with E-state index in [1.54, 1.807) is 0 Å². The van der Waals surface area contributed by atoms with Crippen molar-refractivity contribution in [2.75, 3.05) is 0 Å². The van der Waals surface area contributed by atoms with Crippen molar-refractivity contribution in [3.8, 4) is 5.69 Å². The Labute approximate surface area is 398 Å². The first kappa shape index (κ1) is 39.6. The molecule has 7 atom stereocenters. The van der Waals surface area contributed by atoms with E-state index in [4.69, 9.17) is 9.98 Å². The van der Waals surface area contributed by atoms with Crippen LogP contribution in [0.2, 0.25) is 0 Å². The number of nitrogens with one attached hydrogen (secondary N) is 1. The van der Waals surface area contributed by atoms with Crippen molar-refractivity contribution in [1.29, 1.82) is 0 Å². The third-order valence-electron chi connectivity index (χ3n) is 16.0. The van der Waals surface area contributed by atoms with Crippen LogP contribution in [-0.4, -0.2) is 27.2 Å². The Kier molecular flexibility index (Phi) is 9.38. The highest BCUT2D eigenvalue weighted by atomic mass is 15.2. The first-order valence-electron chi connectivity index (χ1n) is 24.9. The molecule has 5 nitrogen and oxygen atoms in total. The standard InChI is InChI=1S/C63H53N5/c1-2-17-40(18-3-1)46-24-10-11-28-52(46)62-64-61(65-63(66-62)53-30-16-22-41-19-4-7-23-47(41)53)43-33-36-45(37-34-43)67-56-32-15-13-29-54(56)58-57(67)39-44-21-6-9-26-49(44)60(58)68-55-31-14-12-27-50(55)51-38-35-42-20-5-8-25-48(42)59(51)68/h1-9,12-14,16-17,19-25,27-31,33-40,49-51,55,59,63H,10-11,15,18,26,32H2,(H,64,65,66). The Bertz CT molecular complexity index is 3470. The number of benzene rings is 4. The fourth-order valence-electron chi connectivity index (χ4n) is 13.0. The first-order valence-corrected chi connectivity index (χ1v) is 24.9. The highest BCUT2D eigenvalue weighted by molar-refractivity contribution is 6.15. The van der Waals surface area contributed by atoms with Crippen molar-refractivity contribution < 1.29 is 0 Å². The van der Waals surface area contributed by atoms with E-state index in [0.717, 1.165) is 66.9 Å². The molecule has 9 aliphatic rings. The summed E-state index contributed by atoms with van der Waals surface area (Å²) in [5.41, 5.74) is 14.3. The summed E-state index contributed by atoms with van der Waals surface area (Å²) in [5.74, 6) is 3.06. The summed E-state index contributed by atoms with van der Waals surface area (Å²) in [7, 11) is 0. The smallest absolute Gasteiger partial charge is 0.159 e. The van der Waals surface area contributed by atoms with E-state index < -0.39 is 0 Å². The molecule has 0 amide bonds. The summed E-state index contributed by atoms with van der Waals surface area (Å²) < 4.78 is 2.60. The minimum atomic E-state index is -0.301. The number of allylic oxidation sites excluding steroid dienone is 12. The maximum absolute atomic E-state index is 5.46. The molecule has 3 heterocycles. The number of hydrogen-bond acceptors (Lipinski definition) is 4. The molecule has 0 bridgehead atoms. The third-order valence-corrected chi connectivity index (χ3v) is 16.0. The van der Waals surface area contributed by atoms with Crippen LogP contribution in [0.25, 0.3) is 40.4 Å². The molecule has 68 heavy (non-hydrogen) atoms. The number of hydrogen-bond donors (Lipinski definition) is 1. The van der Waals surface area contributed by atoms with Crippen molar-refractivity contribution in [2.24, 2.45) is 33.7 Å². The second-order valence-corrected chi connectivity index (χ2v) is 19.7. The van der Waals surface area contributed by atoms with Crippen molar-refractivity contribution in [3.05, 3.63) is 243 Å². The van der Waals surface area contributed by atoms with E-state index in [1.807, 2.05) is 0 Å². The zero-order valence-corrected chi connectivity index (χ0v) is 38.1. The van der Waals surface area contributed by atoms with Gasteiger partial charge in [-0.25, -0.2) is 9.98 Å². The van der Waals surface area contributed by atoms with E-state index in [-0.39, 0.29) is 24.2 Å². The van der Waals surface area contributed by atoms with Gasteiger partial charge in [0.05, 0.1) is 17.4 Å². The largest absolute Gasteiger partial charge is 0.359 e. The van der Waals surface area contributed by atoms with Gasteiger partial charge in [-0.1, -0.05) is 170 Å². The average Bonchev–Trinajstić information content (AvgIpc) is 3.93. The lowest BCUT2D eigenvalue weighted by atomic mass is 9.78. The molecule has 330 valence electrons. The molecule has 5 heteroatoms. The third kappa shape index (κ3) is 6.28. The molecule has 5 aromatic rings. The van der Waals surface area contributed by atoms with Gasteiger partial charge >= 0.3 is 0 Å². The molecule has 1 N–H and O–H groups in total. The monoisotopic (exact) mass is 879 g/mol. The van der Waals surface area contributed by atoms with Crippen LogP contribution < -0.4 is 15.9 Å². The van der Waals surface area contributed by atoms with Crippen molar-refractivity contribution >= 4 is 46.4 Å². The molecule has 7 unspecified atom stereocenters. The minimum absolute atomic E-state index is 0.249. The van der Waals surface area contributed by atoms with Gasteiger partial charge in [-0.05, 0) is 102 Å². The molecule has 7 aliphatic carbocycles. The molecule has 1 aromatic heterocycles. The number of amidine groups is 2. The van der Waals surface area contributed by atoms with Crippen LogP contribution in [0, 0.1) is 23.7 Å². The molecular formula is C63H53N5. The minimum Gasteiger partial charge on any atom is -0.359 e. The summed E-state index contributed by atoms with van der Waals surface area (Å²) in [4.78, 5) is 13.8. The number of aromatic nitrogens is 1. The Morgan fingerprint density at radius 3 is 2.46 bits per heavy atom. The zero-order chi connectivity index (χ0) is 44.7. The van der Waals surface area contributed by atoms with Gasteiger partial charge in [-0.15, -0.1) is 0 Å². The lowest BCUT2D eigenvalue weighted by Crippen LogP contribution is -2.45. The van der Waals surface area contributed by atoms with Crippen LogP contribution in [0.1, 0.15) is 77.8 Å². The van der Waals surface area contributed by atoms with Gasteiger partial charge in [0, 0.05) is 68.2 Å². The molecule has 0 radical (unpaired) electrons. The number of aliphatic imine (C=N–C) groups is 2. The molecular weight excluding hydrogens is 827 g/mol. The summed E-state index contributed by atoms with van der Waals surface area (Å²) in [6, 6.07) is 34.1. The Morgan fingerprint density at radius 2 is 1.51 bits per heavy atom. The number of rotatable bonds is 6. The average molecular weight is 880 g/mol. The number of likely N-dealkylation sites (tertiary alicyclic amines) is 1. The Balaban J connectivity index is 0.915. The normalized spacial score (nSPS) is 26.8. The van der Waals surface area contributed by atoms with Crippen molar-refractivity contribution in [3.63, 3.8) is 0 Å². The maximum Gasteiger partial charge on any atom is 0.159 e. The summed E-state index contributed by atoms with van der Waals surface area (Å²) in [6.07, 6.45) is 48.3. The Morgan fingerprint density at radius 1 is 0.676 bits per heavy atom. The predicted molar refractivity (Wildman–Crippen MR) is 280 cm³/mol. The summed E-state index contributed by atoms with van der Waals surface area (Å²) in [5, 5.41) is 8.97. The predicted octanol–water partition coefficient (Wildman–Crippen LogP) is 12.0. The van der Waals surface area contributed by atoms with E-state index in [0.29, 0.717) is 17.8 Å². The molecule has 0 spiro atoms. The lowest BCUT2D eigenvalue weighted by molar-refractivity contribution is 0.292. The number of fused-ring (bicyclic) bond motifs is 10. The molecule has 1 fully saturated rings. The van der Waals surface area contributed by atoms with Crippen LogP contribution in [-0.2, 0) is 6.42 Å². The topological polar surface area (TPSA) is 44.9 Å². The maximum atomic E-state index is 5.46. The SMILES string of the molecule is C1=CCC(C2=CCCC=C2C2=NC(c3cccc4ccccc34)NC(c3ccc(-n4c5c(c6c4=CC4=CC=CCC4C=6N4C6C=CC=CC6C6C=Cc7ccccc7C64)C=CCC5)cc3)=N2)C=C1. The molecule has 2 aliphatic heterocycles. The lowest BCUT2D eigenvalue weighted by Gasteiger charge is -2.41. The second kappa shape index (κ2) is 16.1. The molecule has 0 saturated carbocycles. The van der Waals surface area contributed by atoms with Gasteiger partial charge in [-0.2, -0.15) is 0 Å². The van der Waals surface area contributed by atoms with Crippen molar-refractivity contribution in [1.82, 2.24) is 14.8 Å². The van der Waals surface area contributed by atoms with Crippen LogP contribution in [0.4, 0.5) is 0 Å². The van der Waals surface area contributed by atoms with Gasteiger partial charge in [0.25, 0.3) is 0 Å². The van der Waals surface area contributed by atoms with E-state index >= 15 is 0 Å². The van der Waals surface area contributed by atoms with Gasteiger partial charge in [0.2, 0.25) is 0 Å². The van der Waals surface area contributed by atoms with Crippen molar-refractivity contribution in [2.45, 2.75) is 56.8 Å². The fraction of sp³-hybridized carbons (Fsp3) is 0.206. The van der Waals surface area contributed by atoms with Crippen LogP contribution in [0.15, 0.2) is 209 Å². The highest BCUT2D eigenvalue weighted by Gasteiger charge is 2.51. The molecule has 1 saturated heterocycles. The molecule has 14 rings (SSSR count). The second-order valence-electron chi connectivity index (χ2n) is 19.7. The highest BCUT2D eigenvalue weighted by Crippen LogP contribution is 2.55. The summed E-state index contributed by atoms with van der Waals surface area (Å²) in [6.45, 7) is 0. The van der Waals surface area contributed by atoms with E-state index in [1.165, 1.54) is 66.3 Å². The first-order chi connectivity index (χ1) is 33.7. The zero-order valence-electron chi connectivity index (χ0n) is 38.1. The van der Waals surface area contributed by atoms with Gasteiger partial charge in [0.15, 0.2) is 5.84 Å². The van der Waals surface area contributed by atoms with Gasteiger partial charge in [-0.3, -0.25) is 0 Å². The Hall–Kier alpha value is -7.50. The summed E-state index contributed by atoms with van der Waals surface area (Å²) >= 11 is 0. The molecule has 4 aromatic carbocycles. The van der Waals surface area contributed by atoms with Gasteiger partial charge < -0.3 is 14.8 Å². The number of nitrogens with zero attached hydrogens (tertiary/aromatic N) is 4. The van der Waals surface area contributed by atoms with E-state index in [9.17, 15) is 0 Å².